The third kappa shape index (κ3) is 6.02. The van der Waals surface area contributed by atoms with Crippen molar-refractivity contribution in [2.24, 2.45) is 5.73 Å². The van der Waals surface area contributed by atoms with Crippen molar-refractivity contribution in [3.05, 3.63) is 0 Å². The Labute approximate surface area is 82.2 Å². The Morgan fingerprint density at radius 2 is 1.85 bits per heavy atom. The summed E-state index contributed by atoms with van der Waals surface area (Å²) in [6.45, 7) is 7.55. The first-order valence-electron chi connectivity index (χ1n) is 5.24. The van der Waals surface area contributed by atoms with Gasteiger partial charge in [-0.3, -0.25) is 0 Å². The van der Waals surface area contributed by atoms with Crippen molar-refractivity contribution in [1.29, 1.82) is 0 Å². The molecule has 0 spiro atoms. The molecule has 0 saturated heterocycles. The number of ether oxygens (including phenoxy) is 1. The number of hydrogen-bond acceptors (Lipinski definition) is 3. The van der Waals surface area contributed by atoms with Crippen molar-refractivity contribution in [3.8, 4) is 0 Å². The smallest absolute Gasteiger partial charge is 0.0594 e. The molecular formula is C10H24N2O. The van der Waals surface area contributed by atoms with E-state index in [0.29, 0.717) is 19.2 Å². The van der Waals surface area contributed by atoms with Gasteiger partial charge < -0.3 is 15.4 Å². The molecule has 0 rings (SSSR count). The molecule has 0 bridgehead atoms. The molecule has 0 aromatic rings. The lowest BCUT2D eigenvalue weighted by Crippen LogP contribution is -2.33. The van der Waals surface area contributed by atoms with E-state index in [1.54, 1.807) is 0 Å². The van der Waals surface area contributed by atoms with Crippen molar-refractivity contribution in [2.45, 2.75) is 32.7 Å². The molecule has 0 fully saturated rings. The normalized spacial score (nSPS) is 11.5. The summed E-state index contributed by atoms with van der Waals surface area (Å²) in [6.07, 6.45) is 2.42. The highest BCUT2D eigenvalue weighted by Gasteiger charge is 2.08. The average molecular weight is 188 g/mol. The van der Waals surface area contributed by atoms with E-state index in [1.165, 1.54) is 12.8 Å². The van der Waals surface area contributed by atoms with Gasteiger partial charge in [0.15, 0.2) is 0 Å². The summed E-state index contributed by atoms with van der Waals surface area (Å²) in [5.41, 5.74) is 5.32. The van der Waals surface area contributed by atoms with Crippen LogP contribution in [-0.2, 0) is 4.74 Å². The number of rotatable bonds is 8. The van der Waals surface area contributed by atoms with Gasteiger partial charge in [-0.1, -0.05) is 13.8 Å². The van der Waals surface area contributed by atoms with Crippen LogP contribution in [0.2, 0.25) is 0 Å². The van der Waals surface area contributed by atoms with Crippen molar-refractivity contribution < 1.29 is 4.74 Å². The van der Waals surface area contributed by atoms with E-state index in [1.807, 2.05) is 0 Å². The van der Waals surface area contributed by atoms with E-state index in [-0.39, 0.29) is 0 Å². The molecule has 0 heterocycles. The summed E-state index contributed by atoms with van der Waals surface area (Å²) < 4.78 is 5.33. The minimum atomic E-state index is 0.620. The van der Waals surface area contributed by atoms with Gasteiger partial charge in [0.25, 0.3) is 0 Å². The minimum absolute atomic E-state index is 0.620. The fraction of sp³-hybridized carbons (Fsp3) is 1.00. The lowest BCUT2D eigenvalue weighted by atomic mass is 10.1. The Kier molecular flexibility index (Phi) is 8.40. The zero-order valence-electron chi connectivity index (χ0n) is 9.25. The highest BCUT2D eigenvalue weighted by Crippen LogP contribution is 2.04. The largest absolute Gasteiger partial charge is 0.379 e. The fourth-order valence-electron chi connectivity index (χ4n) is 1.49. The Hall–Kier alpha value is -0.120. The third-order valence-electron chi connectivity index (χ3n) is 2.42. The van der Waals surface area contributed by atoms with Crippen LogP contribution >= 0.6 is 0 Å². The molecular weight excluding hydrogens is 164 g/mol. The average Bonchev–Trinajstić information content (AvgIpc) is 2.14. The fourth-order valence-corrected chi connectivity index (χ4v) is 1.49. The summed E-state index contributed by atoms with van der Waals surface area (Å²) in [6, 6.07) is 0.696. The topological polar surface area (TPSA) is 38.5 Å². The van der Waals surface area contributed by atoms with Gasteiger partial charge in [-0.25, -0.2) is 0 Å². The summed E-state index contributed by atoms with van der Waals surface area (Å²) >= 11 is 0. The lowest BCUT2D eigenvalue weighted by Gasteiger charge is -2.25. The molecule has 2 N–H and O–H groups in total. The highest BCUT2D eigenvalue weighted by atomic mass is 16.5. The Morgan fingerprint density at radius 3 is 2.31 bits per heavy atom. The van der Waals surface area contributed by atoms with Gasteiger partial charge in [0, 0.05) is 19.1 Å². The number of nitrogens with two attached hydrogens (primary N) is 1. The molecule has 0 saturated carbocycles. The predicted molar refractivity (Wildman–Crippen MR) is 56.9 cm³/mol. The highest BCUT2D eigenvalue weighted by molar-refractivity contribution is 4.64. The summed E-state index contributed by atoms with van der Waals surface area (Å²) in [5.74, 6) is 0. The minimum Gasteiger partial charge on any atom is -0.379 e. The van der Waals surface area contributed by atoms with Gasteiger partial charge in [-0.15, -0.1) is 0 Å². The SMILES string of the molecule is CCC(CC)N(C)CCOCCN. The quantitative estimate of drug-likeness (QED) is 0.579. The van der Waals surface area contributed by atoms with E-state index < -0.39 is 0 Å². The second kappa shape index (κ2) is 8.48. The molecule has 0 aliphatic carbocycles. The molecule has 0 aromatic carbocycles. The van der Waals surface area contributed by atoms with E-state index in [4.69, 9.17) is 10.5 Å². The van der Waals surface area contributed by atoms with Crippen molar-refractivity contribution >= 4 is 0 Å². The van der Waals surface area contributed by atoms with Crippen LogP contribution in [0.1, 0.15) is 26.7 Å². The third-order valence-corrected chi connectivity index (χ3v) is 2.42. The first kappa shape index (κ1) is 12.9. The van der Waals surface area contributed by atoms with Crippen LogP contribution in [-0.4, -0.2) is 44.3 Å². The Bertz CT molecular complexity index is 105. The molecule has 0 atom stereocenters. The van der Waals surface area contributed by atoms with Crippen LogP contribution in [0.4, 0.5) is 0 Å². The lowest BCUT2D eigenvalue weighted by molar-refractivity contribution is 0.101. The monoisotopic (exact) mass is 188 g/mol. The van der Waals surface area contributed by atoms with Crippen LogP contribution in [0.5, 0.6) is 0 Å². The van der Waals surface area contributed by atoms with Crippen molar-refractivity contribution in [2.75, 3.05) is 33.4 Å². The predicted octanol–water partition coefficient (Wildman–Crippen LogP) is 1.08. The van der Waals surface area contributed by atoms with Gasteiger partial charge >= 0.3 is 0 Å². The molecule has 13 heavy (non-hydrogen) atoms. The summed E-state index contributed by atoms with van der Waals surface area (Å²) in [5, 5.41) is 0. The maximum absolute atomic E-state index is 5.33. The first-order valence-corrected chi connectivity index (χ1v) is 5.24. The summed E-state index contributed by atoms with van der Waals surface area (Å²) in [4.78, 5) is 2.36. The van der Waals surface area contributed by atoms with Crippen molar-refractivity contribution in [1.82, 2.24) is 4.90 Å². The van der Waals surface area contributed by atoms with Gasteiger partial charge in [-0.05, 0) is 19.9 Å². The molecule has 0 aromatic heterocycles. The Balaban J connectivity index is 3.42. The maximum atomic E-state index is 5.33. The van der Waals surface area contributed by atoms with Crippen LogP contribution in [0.25, 0.3) is 0 Å². The zero-order chi connectivity index (χ0) is 10.1. The van der Waals surface area contributed by atoms with Crippen LogP contribution in [0, 0.1) is 0 Å². The number of hydrogen-bond donors (Lipinski definition) is 1. The summed E-state index contributed by atoms with van der Waals surface area (Å²) in [7, 11) is 2.16. The van der Waals surface area contributed by atoms with Gasteiger partial charge in [0.2, 0.25) is 0 Å². The van der Waals surface area contributed by atoms with E-state index in [9.17, 15) is 0 Å². The second-order valence-corrected chi connectivity index (χ2v) is 3.35. The first-order chi connectivity index (χ1) is 6.26. The zero-order valence-corrected chi connectivity index (χ0v) is 9.25. The van der Waals surface area contributed by atoms with Crippen LogP contribution in [0.3, 0.4) is 0 Å². The van der Waals surface area contributed by atoms with E-state index in [2.05, 4.69) is 25.8 Å². The van der Waals surface area contributed by atoms with Gasteiger partial charge in [-0.2, -0.15) is 0 Å². The molecule has 0 radical (unpaired) electrons. The number of likely N-dealkylation sites (N-methyl/N-ethyl adjacent to an activating group) is 1. The molecule has 0 amide bonds. The molecule has 3 nitrogen and oxygen atoms in total. The molecule has 0 aliphatic heterocycles. The molecule has 0 aliphatic rings. The van der Waals surface area contributed by atoms with Gasteiger partial charge in [0.1, 0.15) is 0 Å². The van der Waals surface area contributed by atoms with E-state index >= 15 is 0 Å². The molecule has 80 valence electrons. The van der Waals surface area contributed by atoms with Crippen LogP contribution in [0.15, 0.2) is 0 Å². The van der Waals surface area contributed by atoms with Crippen LogP contribution < -0.4 is 5.73 Å². The van der Waals surface area contributed by atoms with Gasteiger partial charge in [0.05, 0.1) is 13.2 Å². The molecule has 3 heteroatoms. The Morgan fingerprint density at radius 1 is 1.23 bits per heavy atom. The standard InChI is InChI=1S/C10H24N2O/c1-4-10(5-2)12(3)7-9-13-8-6-11/h10H,4-9,11H2,1-3H3. The van der Waals surface area contributed by atoms with E-state index in [0.717, 1.165) is 13.2 Å². The maximum Gasteiger partial charge on any atom is 0.0594 e. The number of nitrogens with zero attached hydrogens (tertiary/aromatic N) is 1. The van der Waals surface area contributed by atoms with Crippen molar-refractivity contribution in [3.63, 3.8) is 0 Å². The molecule has 0 unspecified atom stereocenters. The second-order valence-electron chi connectivity index (χ2n) is 3.35.